The first-order valence-corrected chi connectivity index (χ1v) is 11.6. The van der Waals surface area contributed by atoms with Crippen LogP contribution in [0.1, 0.15) is 23.5 Å². The summed E-state index contributed by atoms with van der Waals surface area (Å²) in [7, 11) is 1.58. The number of benzene rings is 3. The number of rotatable bonds is 5. The number of urea groups is 1. The fraction of sp³-hybridized carbons (Fsp3) is 0.259. The Morgan fingerprint density at radius 2 is 1.68 bits per heavy atom. The number of halogens is 1. The van der Waals surface area contributed by atoms with Crippen LogP contribution in [-0.4, -0.2) is 37.0 Å². The molecule has 6 nitrogen and oxygen atoms in total. The Morgan fingerprint density at radius 3 is 2.41 bits per heavy atom. The van der Waals surface area contributed by atoms with Crippen molar-refractivity contribution >= 4 is 34.9 Å². The van der Waals surface area contributed by atoms with Crippen molar-refractivity contribution in [2.45, 2.75) is 19.3 Å². The summed E-state index contributed by atoms with van der Waals surface area (Å²) in [4.78, 5) is 28.1. The van der Waals surface area contributed by atoms with Crippen LogP contribution in [-0.2, 0) is 4.79 Å². The van der Waals surface area contributed by atoms with E-state index in [4.69, 9.17) is 16.3 Å². The number of aryl methyl sites for hydroxylation is 1. The van der Waals surface area contributed by atoms with E-state index in [0.29, 0.717) is 41.7 Å². The molecule has 3 aromatic carbocycles. The maximum Gasteiger partial charge on any atom is 0.321 e. The third-order valence-electron chi connectivity index (χ3n) is 6.04. The van der Waals surface area contributed by atoms with Crippen LogP contribution in [0.15, 0.2) is 72.8 Å². The third-order valence-corrected chi connectivity index (χ3v) is 6.27. The number of carbonyl (C=O) groups excluding carboxylic acids is 2. The smallest absolute Gasteiger partial charge is 0.321 e. The van der Waals surface area contributed by atoms with Gasteiger partial charge in [-0.25, -0.2) is 4.79 Å². The molecule has 4 rings (SSSR count). The zero-order chi connectivity index (χ0) is 24.1. The monoisotopic (exact) mass is 477 g/mol. The van der Waals surface area contributed by atoms with Gasteiger partial charge in [0.25, 0.3) is 0 Å². The Hall–Kier alpha value is -3.51. The normalized spacial score (nSPS) is 17.7. The number of nitrogens with one attached hydrogen (secondary N) is 2. The zero-order valence-electron chi connectivity index (χ0n) is 19.3. The highest BCUT2D eigenvalue weighted by molar-refractivity contribution is 6.30. The van der Waals surface area contributed by atoms with Gasteiger partial charge in [0, 0.05) is 41.5 Å². The lowest BCUT2D eigenvalue weighted by atomic mass is 9.83. The van der Waals surface area contributed by atoms with Crippen LogP contribution in [0.25, 0.3) is 0 Å². The maximum absolute atomic E-state index is 13.2. The molecule has 1 heterocycles. The largest absolute Gasteiger partial charge is 0.497 e. The summed E-state index contributed by atoms with van der Waals surface area (Å²) in [6.45, 7) is 2.90. The minimum absolute atomic E-state index is 0.0415. The number of methoxy groups -OCH3 is 1. The van der Waals surface area contributed by atoms with Crippen molar-refractivity contribution in [2.75, 3.05) is 30.8 Å². The van der Waals surface area contributed by atoms with Crippen molar-refractivity contribution in [2.24, 2.45) is 5.92 Å². The molecule has 1 saturated heterocycles. The third kappa shape index (κ3) is 5.88. The van der Waals surface area contributed by atoms with Crippen molar-refractivity contribution in [3.8, 4) is 5.75 Å². The Morgan fingerprint density at radius 1 is 0.941 bits per heavy atom. The van der Waals surface area contributed by atoms with Crippen molar-refractivity contribution in [3.63, 3.8) is 0 Å². The predicted molar refractivity (Wildman–Crippen MR) is 136 cm³/mol. The van der Waals surface area contributed by atoms with Gasteiger partial charge in [0.05, 0.1) is 13.0 Å². The summed E-state index contributed by atoms with van der Waals surface area (Å²) >= 11 is 6.07. The molecule has 1 aliphatic rings. The second-order valence-corrected chi connectivity index (χ2v) is 9.05. The number of hydrogen-bond acceptors (Lipinski definition) is 3. The molecule has 7 heteroatoms. The van der Waals surface area contributed by atoms with Gasteiger partial charge >= 0.3 is 6.03 Å². The maximum atomic E-state index is 13.2. The standard InChI is InChI=1S/C27H28ClN3O3/c1-18-6-3-7-19(12-18)20-13-21(26(32)29-23-9-4-8-22(28)14-23)17-31(16-20)27(33)30-24-10-5-11-25(15-24)34-2/h3-12,14-15,20-21H,13,16-17H2,1-2H3,(H,29,32)(H,30,33). The van der Waals surface area contributed by atoms with E-state index in [1.54, 1.807) is 42.3 Å². The number of hydrogen-bond donors (Lipinski definition) is 2. The van der Waals surface area contributed by atoms with E-state index >= 15 is 0 Å². The molecule has 1 aliphatic heterocycles. The topological polar surface area (TPSA) is 70.7 Å². The van der Waals surface area contributed by atoms with Crippen molar-refractivity contribution in [1.82, 2.24) is 4.90 Å². The Labute approximate surface area is 204 Å². The number of nitrogens with zero attached hydrogens (tertiary/aromatic N) is 1. The molecule has 2 N–H and O–H groups in total. The summed E-state index contributed by atoms with van der Waals surface area (Å²) in [6, 6.07) is 22.3. The van der Waals surface area contributed by atoms with Crippen molar-refractivity contribution in [1.29, 1.82) is 0 Å². The molecule has 34 heavy (non-hydrogen) atoms. The first-order valence-electron chi connectivity index (χ1n) is 11.2. The molecule has 176 valence electrons. The van der Waals surface area contributed by atoms with Gasteiger partial charge in [0.15, 0.2) is 0 Å². The molecule has 0 spiro atoms. The van der Waals surface area contributed by atoms with Gasteiger partial charge in [-0.3, -0.25) is 4.79 Å². The second-order valence-electron chi connectivity index (χ2n) is 8.61. The van der Waals surface area contributed by atoms with Gasteiger partial charge in [0.1, 0.15) is 5.75 Å². The molecule has 0 saturated carbocycles. The van der Waals surface area contributed by atoms with Crippen LogP contribution in [0.2, 0.25) is 5.02 Å². The first kappa shape index (κ1) is 23.6. The van der Waals surface area contributed by atoms with Crippen LogP contribution in [0.3, 0.4) is 0 Å². The van der Waals surface area contributed by atoms with Gasteiger partial charge < -0.3 is 20.3 Å². The Bertz CT molecular complexity index is 1180. The SMILES string of the molecule is COc1cccc(NC(=O)N2CC(C(=O)Nc3cccc(Cl)c3)CC(c3cccc(C)c3)C2)c1. The minimum atomic E-state index is -0.366. The molecule has 2 atom stereocenters. The predicted octanol–water partition coefficient (Wildman–Crippen LogP) is 5.93. The molecular formula is C27H28ClN3O3. The lowest BCUT2D eigenvalue weighted by Crippen LogP contribution is -2.48. The van der Waals surface area contributed by atoms with Gasteiger partial charge in [-0.05, 0) is 49.2 Å². The summed E-state index contributed by atoms with van der Waals surface area (Å²) in [5.41, 5.74) is 3.55. The minimum Gasteiger partial charge on any atom is -0.497 e. The summed E-state index contributed by atoms with van der Waals surface area (Å²) in [5.74, 6) is 0.209. The summed E-state index contributed by atoms with van der Waals surface area (Å²) in [5, 5.41) is 6.46. The van der Waals surface area contributed by atoms with Crippen LogP contribution >= 0.6 is 11.6 Å². The lowest BCUT2D eigenvalue weighted by Gasteiger charge is -2.37. The quantitative estimate of drug-likeness (QED) is 0.478. The van der Waals surface area contributed by atoms with E-state index in [1.165, 1.54) is 0 Å². The van der Waals surface area contributed by atoms with Gasteiger partial charge in [-0.2, -0.15) is 0 Å². The molecule has 2 unspecified atom stereocenters. The fourth-order valence-electron chi connectivity index (χ4n) is 4.33. The Balaban J connectivity index is 1.55. The summed E-state index contributed by atoms with van der Waals surface area (Å²) < 4.78 is 5.25. The van der Waals surface area contributed by atoms with Gasteiger partial charge in [0.2, 0.25) is 5.91 Å². The van der Waals surface area contributed by atoms with Crippen LogP contribution in [0, 0.1) is 12.8 Å². The molecule has 0 bridgehead atoms. The molecule has 0 aliphatic carbocycles. The second kappa shape index (κ2) is 10.6. The van der Waals surface area contributed by atoms with E-state index < -0.39 is 0 Å². The van der Waals surface area contributed by atoms with Crippen LogP contribution < -0.4 is 15.4 Å². The van der Waals surface area contributed by atoms with E-state index in [0.717, 1.165) is 11.1 Å². The first-order chi connectivity index (χ1) is 16.4. The number of anilines is 2. The highest BCUT2D eigenvalue weighted by Gasteiger charge is 2.34. The van der Waals surface area contributed by atoms with E-state index in [-0.39, 0.29) is 23.8 Å². The molecule has 0 radical (unpaired) electrons. The van der Waals surface area contributed by atoms with Crippen molar-refractivity contribution in [3.05, 3.63) is 88.9 Å². The van der Waals surface area contributed by atoms with E-state index in [1.807, 2.05) is 37.3 Å². The molecule has 1 fully saturated rings. The van der Waals surface area contributed by atoms with E-state index in [9.17, 15) is 9.59 Å². The van der Waals surface area contributed by atoms with Crippen LogP contribution in [0.5, 0.6) is 5.75 Å². The van der Waals surface area contributed by atoms with Crippen LogP contribution in [0.4, 0.5) is 16.2 Å². The number of ether oxygens (including phenoxy) is 1. The zero-order valence-corrected chi connectivity index (χ0v) is 20.0. The highest BCUT2D eigenvalue weighted by Crippen LogP contribution is 2.32. The molecular weight excluding hydrogens is 450 g/mol. The number of piperidine rings is 1. The number of amides is 3. The molecule has 0 aromatic heterocycles. The average molecular weight is 478 g/mol. The fourth-order valence-corrected chi connectivity index (χ4v) is 4.52. The molecule has 3 amide bonds. The summed E-state index contributed by atoms with van der Waals surface area (Å²) in [6.07, 6.45) is 0.652. The van der Waals surface area contributed by atoms with Crippen molar-refractivity contribution < 1.29 is 14.3 Å². The lowest BCUT2D eigenvalue weighted by molar-refractivity contribution is -0.121. The highest BCUT2D eigenvalue weighted by atomic mass is 35.5. The molecule has 3 aromatic rings. The van der Waals surface area contributed by atoms with E-state index in [2.05, 4.69) is 22.8 Å². The average Bonchev–Trinajstić information content (AvgIpc) is 2.84. The number of carbonyl (C=O) groups is 2. The Kier molecular flexibility index (Phi) is 7.38. The van der Waals surface area contributed by atoms with Gasteiger partial charge in [-0.15, -0.1) is 0 Å². The number of likely N-dealkylation sites (tertiary alicyclic amines) is 1. The van der Waals surface area contributed by atoms with Gasteiger partial charge in [-0.1, -0.05) is 53.6 Å².